The van der Waals surface area contributed by atoms with Crippen LogP contribution in [-0.2, 0) is 9.53 Å². The van der Waals surface area contributed by atoms with Crippen molar-refractivity contribution in [2.24, 2.45) is 0 Å². The van der Waals surface area contributed by atoms with Crippen molar-refractivity contribution in [1.82, 2.24) is 10.6 Å². The van der Waals surface area contributed by atoms with Gasteiger partial charge in [-0.25, -0.2) is 0 Å². The second-order valence-electron chi connectivity index (χ2n) is 4.14. The van der Waals surface area contributed by atoms with Gasteiger partial charge in [-0.3, -0.25) is 4.79 Å². The topological polar surface area (TPSA) is 50.4 Å². The van der Waals surface area contributed by atoms with Gasteiger partial charge in [0.1, 0.15) is 0 Å². The van der Waals surface area contributed by atoms with Crippen LogP contribution >= 0.6 is 0 Å². The van der Waals surface area contributed by atoms with Crippen molar-refractivity contribution in [1.29, 1.82) is 0 Å². The lowest BCUT2D eigenvalue weighted by atomic mass is 10.2. The van der Waals surface area contributed by atoms with Gasteiger partial charge in [-0.2, -0.15) is 0 Å². The van der Waals surface area contributed by atoms with Crippen molar-refractivity contribution in [3.8, 4) is 0 Å². The van der Waals surface area contributed by atoms with Crippen LogP contribution in [0.4, 0.5) is 0 Å². The second kappa shape index (κ2) is 8.68. The molecule has 1 unspecified atom stereocenters. The average Bonchev–Trinajstić information content (AvgIpc) is 2.12. The molecule has 0 aromatic rings. The highest BCUT2D eigenvalue weighted by Crippen LogP contribution is 1.91. The minimum absolute atomic E-state index is 0.0977. The Morgan fingerprint density at radius 3 is 2.53 bits per heavy atom. The minimum atomic E-state index is 0.0977. The SMILES string of the molecule is COCC(C)NC(=O)CCCNC(C)C. The molecule has 0 aromatic carbocycles. The van der Waals surface area contributed by atoms with E-state index >= 15 is 0 Å². The molecule has 0 aliphatic carbocycles. The van der Waals surface area contributed by atoms with Crippen LogP contribution in [0.5, 0.6) is 0 Å². The Bertz CT molecular complexity index is 172. The number of nitrogens with one attached hydrogen (secondary N) is 2. The first-order valence-corrected chi connectivity index (χ1v) is 5.58. The van der Waals surface area contributed by atoms with Crippen LogP contribution < -0.4 is 10.6 Å². The van der Waals surface area contributed by atoms with Gasteiger partial charge in [-0.1, -0.05) is 13.8 Å². The van der Waals surface area contributed by atoms with Crippen molar-refractivity contribution >= 4 is 5.91 Å². The smallest absolute Gasteiger partial charge is 0.220 e. The van der Waals surface area contributed by atoms with Crippen LogP contribution in [-0.4, -0.2) is 38.3 Å². The van der Waals surface area contributed by atoms with E-state index in [1.54, 1.807) is 7.11 Å². The molecule has 1 atom stereocenters. The first-order valence-electron chi connectivity index (χ1n) is 5.58. The molecule has 0 rings (SSSR count). The number of amides is 1. The van der Waals surface area contributed by atoms with E-state index in [-0.39, 0.29) is 11.9 Å². The molecular formula is C11H24N2O2. The number of hydrogen-bond donors (Lipinski definition) is 2. The minimum Gasteiger partial charge on any atom is -0.383 e. The van der Waals surface area contributed by atoms with E-state index in [0.29, 0.717) is 19.1 Å². The molecule has 4 nitrogen and oxygen atoms in total. The van der Waals surface area contributed by atoms with Gasteiger partial charge in [-0.05, 0) is 19.9 Å². The van der Waals surface area contributed by atoms with Gasteiger partial charge in [0.15, 0.2) is 0 Å². The number of ether oxygens (including phenoxy) is 1. The van der Waals surface area contributed by atoms with E-state index in [0.717, 1.165) is 13.0 Å². The van der Waals surface area contributed by atoms with E-state index in [4.69, 9.17) is 4.74 Å². The van der Waals surface area contributed by atoms with Crippen LogP contribution in [0.15, 0.2) is 0 Å². The Kier molecular flexibility index (Phi) is 8.33. The monoisotopic (exact) mass is 216 g/mol. The summed E-state index contributed by atoms with van der Waals surface area (Å²) in [4.78, 5) is 11.4. The molecule has 1 amide bonds. The maximum atomic E-state index is 11.4. The molecular weight excluding hydrogens is 192 g/mol. The summed E-state index contributed by atoms with van der Waals surface area (Å²) in [6.07, 6.45) is 1.46. The molecule has 0 fully saturated rings. The number of methoxy groups -OCH3 is 1. The Morgan fingerprint density at radius 2 is 2.00 bits per heavy atom. The molecule has 0 radical (unpaired) electrons. The third-order valence-electron chi connectivity index (χ3n) is 1.96. The molecule has 0 spiro atoms. The zero-order chi connectivity index (χ0) is 11.7. The van der Waals surface area contributed by atoms with Gasteiger partial charge in [0.25, 0.3) is 0 Å². The molecule has 0 bridgehead atoms. The summed E-state index contributed by atoms with van der Waals surface area (Å²) in [5, 5.41) is 6.15. The summed E-state index contributed by atoms with van der Waals surface area (Å²) in [5.74, 6) is 0.102. The lowest BCUT2D eigenvalue weighted by Crippen LogP contribution is -2.36. The quantitative estimate of drug-likeness (QED) is 0.593. The zero-order valence-electron chi connectivity index (χ0n) is 10.3. The summed E-state index contributed by atoms with van der Waals surface area (Å²) >= 11 is 0. The summed E-state index contributed by atoms with van der Waals surface area (Å²) in [6, 6.07) is 0.584. The first-order chi connectivity index (χ1) is 7.06. The zero-order valence-corrected chi connectivity index (χ0v) is 10.3. The average molecular weight is 216 g/mol. The number of carbonyl (C=O) groups excluding carboxylic acids is 1. The third kappa shape index (κ3) is 9.69. The molecule has 0 aliphatic rings. The van der Waals surface area contributed by atoms with Gasteiger partial charge in [0.05, 0.1) is 6.61 Å². The largest absolute Gasteiger partial charge is 0.383 e. The lowest BCUT2D eigenvalue weighted by molar-refractivity contribution is -0.122. The molecule has 0 saturated heterocycles. The van der Waals surface area contributed by atoms with Crippen LogP contribution in [0.25, 0.3) is 0 Å². The van der Waals surface area contributed by atoms with Crippen LogP contribution in [0.1, 0.15) is 33.6 Å². The fourth-order valence-corrected chi connectivity index (χ4v) is 1.28. The summed E-state index contributed by atoms with van der Waals surface area (Å²) in [7, 11) is 1.63. The van der Waals surface area contributed by atoms with Gasteiger partial charge in [-0.15, -0.1) is 0 Å². The van der Waals surface area contributed by atoms with Crippen molar-refractivity contribution < 1.29 is 9.53 Å². The second-order valence-corrected chi connectivity index (χ2v) is 4.14. The first kappa shape index (κ1) is 14.4. The maximum absolute atomic E-state index is 11.4. The van der Waals surface area contributed by atoms with E-state index in [2.05, 4.69) is 24.5 Å². The Labute approximate surface area is 92.8 Å². The summed E-state index contributed by atoms with van der Waals surface area (Å²) in [5.41, 5.74) is 0. The fourth-order valence-electron chi connectivity index (χ4n) is 1.28. The van der Waals surface area contributed by atoms with Gasteiger partial charge in [0, 0.05) is 25.6 Å². The Morgan fingerprint density at radius 1 is 1.33 bits per heavy atom. The lowest BCUT2D eigenvalue weighted by Gasteiger charge is -2.13. The molecule has 90 valence electrons. The number of rotatable bonds is 8. The normalized spacial score (nSPS) is 12.9. The molecule has 0 saturated carbocycles. The Balaban J connectivity index is 3.40. The van der Waals surface area contributed by atoms with Gasteiger partial charge < -0.3 is 15.4 Å². The van der Waals surface area contributed by atoms with Gasteiger partial charge in [0.2, 0.25) is 5.91 Å². The van der Waals surface area contributed by atoms with Gasteiger partial charge >= 0.3 is 0 Å². The summed E-state index contributed by atoms with van der Waals surface area (Å²) < 4.78 is 4.93. The Hall–Kier alpha value is -0.610. The molecule has 0 aliphatic heterocycles. The van der Waals surface area contributed by atoms with E-state index in [9.17, 15) is 4.79 Å². The fraction of sp³-hybridized carbons (Fsp3) is 0.909. The van der Waals surface area contributed by atoms with E-state index < -0.39 is 0 Å². The highest BCUT2D eigenvalue weighted by molar-refractivity contribution is 5.76. The van der Waals surface area contributed by atoms with Crippen LogP contribution in [0.2, 0.25) is 0 Å². The van der Waals surface area contributed by atoms with Crippen molar-refractivity contribution in [2.75, 3.05) is 20.3 Å². The molecule has 0 heterocycles. The van der Waals surface area contributed by atoms with Crippen molar-refractivity contribution in [2.45, 2.75) is 45.7 Å². The predicted octanol–water partition coefficient (Wildman–Crippen LogP) is 0.916. The maximum Gasteiger partial charge on any atom is 0.220 e. The molecule has 2 N–H and O–H groups in total. The number of hydrogen-bond acceptors (Lipinski definition) is 3. The summed E-state index contributed by atoms with van der Waals surface area (Å²) in [6.45, 7) is 7.59. The van der Waals surface area contributed by atoms with E-state index in [1.165, 1.54) is 0 Å². The van der Waals surface area contributed by atoms with Crippen molar-refractivity contribution in [3.05, 3.63) is 0 Å². The van der Waals surface area contributed by atoms with Crippen molar-refractivity contribution in [3.63, 3.8) is 0 Å². The molecule has 0 aromatic heterocycles. The van der Waals surface area contributed by atoms with Crippen LogP contribution in [0.3, 0.4) is 0 Å². The number of carbonyl (C=O) groups is 1. The van der Waals surface area contributed by atoms with E-state index in [1.807, 2.05) is 6.92 Å². The molecule has 15 heavy (non-hydrogen) atoms. The third-order valence-corrected chi connectivity index (χ3v) is 1.96. The highest BCUT2D eigenvalue weighted by atomic mass is 16.5. The molecule has 4 heteroatoms. The standard InChI is InChI=1S/C11H24N2O2/c1-9(2)12-7-5-6-11(14)13-10(3)8-15-4/h9-10,12H,5-8H2,1-4H3,(H,13,14). The predicted molar refractivity (Wildman–Crippen MR) is 61.9 cm³/mol. The highest BCUT2D eigenvalue weighted by Gasteiger charge is 2.06. The van der Waals surface area contributed by atoms with Crippen LogP contribution in [0, 0.1) is 0 Å².